The SMILES string of the molecule is Cn1ccc2cc([C@@H](O)CNC(=O)C(C)(C)C)ccc21. The van der Waals surface area contributed by atoms with Crippen LogP contribution in [0.5, 0.6) is 0 Å². The number of carbonyl (C=O) groups excluding carboxylic acids is 1. The van der Waals surface area contributed by atoms with E-state index in [1.165, 1.54) is 0 Å². The van der Waals surface area contributed by atoms with Crippen LogP contribution >= 0.6 is 0 Å². The first kappa shape index (κ1) is 14.6. The minimum Gasteiger partial charge on any atom is -0.387 e. The number of aryl methyl sites for hydroxylation is 1. The lowest BCUT2D eigenvalue weighted by molar-refractivity contribution is -0.128. The summed E-state index contributed by atoms with van der Waals surface area (Å²) in [4.78, 5) is 11.8. The first-order valence-corrected chi connectivity index (χ1v) is 6.80. The number of hydrogen-bond donors (Lipinski definition) is 2. The molecule has 0 radical (unpaired) electrons. The van der Waals surface area contributed by atoms with Gasteiger partial charge < -0.3 is 15.0 Å². The molecule has 108 valence electrons. The summed E-state index contributed by atoms with van der Waals surface area (Å²) in [6.45, 7) is 5.79. The number of amides is 1. The van der Waals surface area contributed by atoms with Crippen LogP contribution in [0.4, 0.5) is 0 Å². The fraction of sp³-hybridized carbons (Fsp3) is 0.438. The molecule has 1 heterocycles. The van der Waals surface area contributed by atoms with Gasteiger partial charge in [0, 0.05) is 30.7 Å². The van der Waals surface area contributed by atoms with Crippen LogP contribution in [0.25, 0.3) is 10.9 Å². The molecule has 2 aromatic rings. The molecule has 2 rings (SSSR count). The first-order valence-electron chi connectivity index (χ1n) is 6.80. The number of carbonyl (C=O) groups is 1. The van der Waals surface area contributed by atoms with Gasteiger partial charge in [-0.05, 0) is 29.1 Å². The lowest BCUT2D eigenvalue weighted by Gasteiger charge is -2.19. The summed E-state index contributed by atoms with van der Waals surface area (Å²) in [5.74, 6) is -0.0580. The second-order valence-corrected chi connectivity index (χ2v) is 6.22. The van der Waals surface area contributed by atoms with Gasteiger partial charge in [-0.3, -0.25) is 4.79 Å². The minimum absolute atomic E-state index is 0.0580. The third-order valence-electron chi connectivity index (χ3n) is 3.43. The van der Waals surface area contributed by atoms with Gasteiger partial charge in [-0.2, -0.15) is 0 Å². The Morgan fingerprint density at radius 2 is 2.05 bits per heavy atom. The summed E-state index contributed by atoms with van der Waals surface area (Å²) in [5.41, 5.74) is 1.50. The van der Waals surface area contributed by atoms with E-state index in [-0.39, 0.29) is 12.5 Å². The summed E-state index contributed by atoms with van der Waals surface area (Å²) in [6.07, 6.45) is 1.30. The molecule has 0 aliphatic carbocycles. The molecule has 0 bridgehead atoms. The molecule has 0 saturated heterocycles. The standard InChI is InChI=1S/C16H22N2O2/c1-16(2,3)15(20)17-10-14(19)12-5-6-13-11(9-12)7-8-18(13)4/h5-9,14,19H,10H2,1-4H3,(H,17,20)/t14-/m0/s1. The van der Waals surface area contributed by atoms with Crippen molar-refractivity contribution in [2.75, 3.05) is 6.54 Å². The van der Waals surface area contributed by atoms with E-state index < -0.39 is 11.5 Å². The van der Waals surface area contributed by atoms with Crippen molar-refractivity contribution in [2.24, 2.45) is 12.5 Å². The highest BCUT2D eigenvalue weighted by atomic mass is 16.3. The third-order valence-corrected chi connectivity index (χ3v) is 3.43. The topological polar surface area (TPSA) is 54.3 Å². The van der Waals surface area contributed by atoms with E-state index in [2.05, 4.69) is 5.32 Å². The second kappa shape index (κ2) is 5.29. The maximum atomic E-state index is 11.8. The number of fused-ring (bicyclic) bond motifs is 1. The molecule has 1 atom stereocenters. The maximum absolute atomic E-state index is 11.8. The highest BCUT2D eigenvalue weighted by Gasteiger charge is 2.21. The fourth-order valence-corrected chi connectivity index (χ4v) is 2.08. The fourth-order valence-electron chi connectivity index (χ4n) is 2.08. The van der Waals surface area contributed by atoms with Crippen molar-refractivity contribution in [2.45, 2.75) is 26.9 Å². The van der Waals surface area contributed by atoms with Crippen LogP contribution in [0, 0.1) is 5.41 Å². The lowest BCUT2D eigenvalue weighted by atomic mass is 9.95. The van der Waals surface area contributed by atoms with Gasteiger partial charge in [0.1, 0.15) is 0 Å². The number of hydrogen-bond acceptors (Lipinski definition) is 2. The van der Waals surface area contributed by atoms with E-state index in [0.717, 1.165) is 16.5 Å². The average Bonchev–Trinajstić information content (AvgIpc) is 2.75. The summed E-state index contributed by atoms with van der Waals surface area (Å²) >= 11 is 0. The predicted molar refractivity (Wildman–Crippen MR) is 80.3 cm³/mol. The third kappa shape index (κ3) is 3.02. The molecule has 0 spiro atoms. The Morgan fingerprint density at radius 1 is 1.35 bits per heavy atom. The van der Waals surface area contributed by atoms with Crippen molar-refractivity contribution in [3.05, 3.63) is 36.0 Å². The summed E-state index contributed by atoms with van der Waals surface area (Å²) < 4.78 is 2.03. The molecule has 2 N–H and O–H groups in total. The number of aliphatic hydroxyl groups excluding tert-OH is 1. The molecule has 0 unspecified atom stereocenters. The van der Waals surface area contributed by atoms with Crippen LogP contribution < -0.4 is 5.32 Å². The minimum atomic E-state index is -0.689. The number of benzene rings is 1. The van der Waals surface area contributed by atoms with Crippen LogP contribution in [-0.2, 0) is 11.8 Å². The van der Waals surface area contributed by atoms with Crippen molar-refractivity contribution in [3.8, 4) is 0 Å². The molecule has 0 aliphatic rings. The molecule has 4 nitrogen and oxygen atoms in total. The molecular formula is C16H22N2O2. The van der Waals surface area contributed by atoms with Crippen LogP contribution in [0.2, 0.25) is 0 Å². The Bertz CT molecular complexity index is 623. The molecule has 0 saturated carbocycles. The van der Waals surface area contributed by atoms with E-state index in [1.54, 1.807) is 0 Å². The van der Waals surface area contributed by atoms with Gasteiger partial charge in [0.05, 0.1) is 6.10 Å². The maximum Gasteiger partial charge on any atom is 0.225 e. The largest absolute Gasteiger partial charge is 0.387 e. The summed E-state index contributed by atoms with van der Waals surface area (Å²) in [7, 11) is 1.99. The molecule has 1 amide bonds. The van der Waals surface area contributed by atoms with Gasteiger partial charge in [-0.1, -0.05) is 26.8 Å². The number of aliphatic hydroxyl groups is 1. The molecule has 1 aromatic heterocycles. The monoisotopic (exact) mass is 274 g/mol. The highest BCUT2D eigenvalue weighted by Crippen LogP contribution is 2.21. The molecule has 4 heteroatoms. The van der Waals surface area contributed by atoms with Gasteiger partial charge in [0.25, 0.3) is 0 Å². The van der Waals surface area contributed by atoms with E-state index in [4.69, 9.17) is 0 Å². The lowest BCUT2D eigenvalue weighted by Crippen LogP contribution is -2.37. The van der Waals surface area contributed by atoms with Gasteiger partial charge in [0.2, 0.25) is 5.91 Å². The van der Waals surface area contributed by atoms with Gasteiger partial charge in [-0.25, -0.2) is 0 Å². The Hall–Kier alpha value is -1.81. The van der Waals surface area contributed by atoms with Gasteiger partial charge in [0.15, 0.2) is 0 Å². The zero-order chi connectivity index (χ0) is 14.9. The first-order chi connectivity index (χ1) is 9.29. The molecule has 0 fully saturated rings. The van der Waals surface area contributed by atoms with Crippen LogP contribution in [0.3, 0.4) is 0 Å². The molecule has 0 aliphatic heterocycles. The summed E-state index contributed by atoms with van der Waals surface area (Å²) in [5, 5.41) is 14.0. The van der Waals surface area contributed by atoms with E-state index in [0.29, 0.717) is 0 Å². The molecule has 20 heavy (non-hydrogen) atoms. The number of nitrogens with one attached hydrogen (secondary N) is 1. The van der Waals surface area contributed by atoms with Crippen LogP contribution in [-0.4, -0.2) is 22.1 Å². The Labute approximate surface area is 119 Å². The van der Waals surface area contributed by atoms with Crippen LogP contribution in [0.1, 0.15) is 32.4 Å². The van der Waals surface area contributed by atoms with Crippen molar-refractivity contribution in [1.82, 2.24) is 9.88 Å². The number of nitrogens with zero attached hydrogens (tertiary/aromatic N) is 1. The Kier molecular flexibility index (Phi) is 3.86. The molecular weight excluding hydrogens is 252 g/mol. The van der Waals surface area contributed by atoms with Crippen LogP contribution in [0.15, 0.2) is 30.5 Å². The zero-order valence-electron chi connectivity index (χ0n) is 12.5. The smallest absolute Gasteiger partial charge is 0.225 e. The Balaban J connectivity index is 2.08. The van der Waals surface area contributed by atoms with E-state index in [1.807, 2.05) is 62.8 Å². The summed E-state index contributed by atoms with van der Waals surface area (Å²) in [6, 6.07) is 7.86. The normalized spacial score (nSPS) is 13.4. The van der Waals surface area contributed by atoms with E-state index >= 15 is 0 Å². The average molecular weight is 274 g/mol. The highest BCUT2D eigenvalue weighted by molar-refractivity contribution is 5.82. The van der Waals surface area contributed by atoms with Gasteiger partial charge >= 0.3 is 0 Å². The van der Waals surface area contributed by atoms with E-state index in [9.17, 15) is 9.90 Å². The zero-order valence-corrected chi connectivity index (χ0v) is 12.5. The quantitative estimate of drug-likeness (QED) is 0.903. The van der Waals surface area contributed by atoms with Crippen molar-refractivity contribution in [3.63, 3.8) is 0 Å². The number of rotatable bonds is 3. The Morgan fingerprint density at radius 3 is 2.70 bits per heavy atom. The second-order valence-electron chi connectivity index (χ2n) is 6.22. The number of aromatic nitrogens is 1. The van der Waals surface area contributed by atoms with Gasteiger partial charge in [-0.15, -0.1) is 0 Å². The molecule has 1 aromatic carbocycles. The van der Waals surface area contributed by atoms with Crippen molar-refractivity contribution < 1.29 is 9.90 Å². The van der Waals surface area contributed by atoms with Crippen molar-refractivity contribution >= 4 is 16.8 Å². The predicted octanol–water partition coefficient (Wildman–Crippen LogP) is 2.37. The van der Waals surface area contributed by atoms with Crippen molar-refractivity contribution in [1.29, 1.82) is 0 Å².